The lowest BCUT2D eigenvalue weighted by molar-refractivity contribution is -0.139. The van der Waals surface area contributed by atoms with E-state index in [2.05, 4.69) is 9.72 Å². The fourth-order valence-corrected chi connectivity index (χ4v) is 1.98. The summed E-state index contributed by atoms with van der Waals surface area (Å²) in [5, 5.41) is 0.658. The first-order valence-electron chi connectivity index (χ1n) is 5.82. The van der Waals surface area contributed by atoms with Crippen LogP contribution in [0.1, 0.15) is 28.0 Å². The summed E-state index contributed by atoms with van der Waals surface area (Å²) in [6.07, 6.45) is -0.385. The van der Waals surface area contributed by atoms with Gasteiger partial charge in [-0.3, -0.25) is 9.59 Å². The van der Waals surface area contributed by atoms with Gasteiger partial charge in [0.05, 0.1) is 12.6 Å². The molecule has 1 aromatic heterocycles. The number of carbonyl (C=O) groups excluding carboxylic acids is 2. The maximum atomic E-state index is 13.9. The molecule has 4 nitrogen and oxygen atoms in total. The number of rotatable bonds is 3. The number of aryl methyl sites for hydroxylation is 2. The predicted molar refractivity (Wildman–Crippen MR) is 68.7 cm³/mol. The number of aromatic nitrogens is 1. The minimum Gasteiger partial charge on any atom is -0.469 e. The van der Waals surface area contributed by atoms with E-state index >= 15 is 0 Å². The largest absolute Gasteiger partial charge is 0.469 e. The van der Waals surface area contributed by atoms with E-state index in [0.717, 1.165) is 17.3 Å². The van der Waals surface area contributed by atoms with Gasteiger partial charge in [-0.2, -0.15) is 0 Å². The summed E-state index contributed by atoms with van der Waals surface area (Å²) in [6.45, 7) is 3.69. The zero-order chi connectivity index (χ0) is 14.2. The van der Waals surface area contributed by atoms with Crippen molar-refractivity contribution in [2.75, 3.05) is 7.11 Å². The van der Waals surface area contributed by atoms with Crippen molar-refractivity contribution in [3.63, 3.8) is 0 Å². The van der Waals surface area contributed by atoms with E-state index in [1.165, 1.54) is 7.11 Å². The van der Waals surface area contributed by atoms with E-state index in [4.69, 9.17) is 0 Å². The van der Waals surface area contributed by atoms with Crippen LogP contribution in [0.3, 0.4) is 0 Å². The highest BCUT2D eigenvalue weighted by molar-refractivity contribution is 6.07. The van der Waals surface area contributed by atoms with Crippen LogP contribution in [0.5, 0.6) is 0 Å². The number of Topliss-reactive ketones (excluding diaryl/α,β-unsaturated/α-hetero) is 1. The molecule has 2 rings (SSSR count). The molecule has 5 heteroatoms. The summed E-state index contributed by atoms with van der Waals surface area (Å²) in [6, 6.07) is 2.74. The SMILES string of the molecule is COC(=O)CC(=O)c1cc(F)c2[nH]c(C)c(C)c2c1. The van der Waals surface area contributed by atoms with Crippen molar-refractivity contribution >= 4 is 22.7 Å². The molecule has 2 aromatic rings. The lowest BCUT2D eigenvalue weighted by Gasteiger charge is -2.02. The van der Waals surface area contributed by atoms with Gasteiger partial charge in [0.2, 0.25) is 0 Å². The van der Waals surface area contributed by atoms with Crippen molar-refractivity contribution in [2.45, 2.75) is 20.3 Å². The number of H-pyrrole nitrogens is 1. The number of nitrogens with one attached hydrogen (secondary N) is 1. The predicted octanol–water partition coefficient (Wildman–Crippen LogP) is 2.67. The average molecular weight is 263 g/mol. The summed E-state index contributed by atoms with van der Waals surface area (Å²) in [4.78, 5) is 25.9. The number of ether oxygens (including phenoxy) is 1. The number of ketones is 1. The molecule has 1 aromatic carbocycles. The molecule has 100 valence electrons. The number of benzene rings is 1. The molecular weight excluding hydrogens is 249 g/mol. The Morgan fingerprint density at radius 2 is 2.00 bits per heavy atom. The Bertz CT molecular complexity index is 673. The first-order chi connectivity index (χ1) is 8.93. The molecule has 0 aliphatic carbocycles. The lowest BCUT2D eigenvalue weighted by atomic mass is 10.0. The second-order valence-corrected chi connectivity index (χ2v) is 4.43. The smallest absolute Gasteiger partial charge is 0.313 e. The molecule has 19 heavy (non-hydrogen) atoms. The summed E-state index contributed by atoms with van der Waals surface area (Å²) in [5.74, 6) is -1.58. The van der Waals surface area contributed by atoms with Crippen LogP contribution < -0.4 is 0 Å². The van der Waals surface area contributed by atoms with Crippen molar-refractivity contribution in [3.8, 4) is 0 Å². The van der Waals surface area contributed by atoms with Crippen LogP contribution in [0.25, 0.3) is 10.9 Å². The fraction of sp³-hybridized carbons (Fsp3) is 0.286. The van der Waals surface area contributed by atoms with Gasteiger partial charge in [-0.25, -0.2) is 4.39 Å². The monoisotopic (exact) mass is 263 g/mol. The van der Waals surface area contributed by atoms with Gasteiger partial charge in [-0.1, -0.05) is 0 Å². The first-order valence-corrected chi connectivity index (χ1v) is 5.82. The third kappa shape index (κ3) is 2.36. The summed E-state index contributed by atoms with van der Waals surface area (Å²) >= 11 is 0. The molecule has 0 bridgehead atoms. The molecule has 0 saturated carbocycles. The Morgan fingerprint density at radius 3 is 2.63 bits per heavy atom. The zero-order valence-electron chi connectivity index (χ0n) is 11.0. The van der Waals surface area contributed by atoms with Crippen LogP contribution in [0, 0.1) is 19.7 Å². The number of fused-ring (bicyclic) bond motifs is 1. The maximum Gasteiger partial charge on any atom is 0.313 e. The van der Waals surface area contributed by atoms with Crippen molar-refractivity contribution < 1.29 is 18.7 Å². The van der Waals surface area contributed by atoms with E-state index in [9.17, 15) is 14.0 Å². The number of halogens is 1. The quantitative estimate of drug-likeness (QED) is 0.526. The van der Waals surface area contributed by atoms with Gasteiger partial charge < -0.3 is 9.72 Å². The Kier molecular flexibility index (Phi) is 3.38. The summed E-state index contributed by atoms with van der Waals surface area (Å²) in [5.41, 5.74) is 2.30. The van der Waals surface area contributed by atoms with Gasteiger partial charge in [0.15, 0.2) is 5.78 Å². The summed E-state index contributed by atoms with van der Waals surface area (Å²) in [7, 11) is 1.21. The van der Waals surface area contributed by atoms with E-state index in [1.54, 1.807) is 6.07 Å². The number of carbonyl (C=O) groups is 2. The molecule has 0 aliphatic heterocycles. The Balaban J connectivity index is 2.48. The third-order valence-electron chi connectivity index (χ3n) is 3.22. The van der Waals surface area contributed by atoms with Crippen molar-refractivity contribution in [1.29, 1.82) is 0 Å². The Morgan fingerprint density at radius 1 is 1.32 bits per heavy atom. The molecule has 0 amide bonds. The van der Waals surface area contributed by atoms with Crippen LogP contribution in [-0.4, -0.2) is 23.8 Å². The molecular formula is C14H14FNO3. The second-order valence-electron chi connectivity index (χ2n) is 4.43. The minimum atomic E-state index is -0.632. The van der Waals surface area contributed by atoms with Gasteiger partial charge in [0.1, 0.15) is 12.2 Å². The topological polar surface area (TPSA) is 59.2 Å². The molecule has 0 unspecified atom stereocenters. The molecule has 0 radical (unpaired) electrons. The molecule has 1 N–H and O–H groups in total. The van der Waals surface area contributed by atoms with Gasteiger partial charge >= 0.3 is 5.97 Å². The second kappa shape index (κ2) is 4.84. The fourth-order valence-electron chi connectivity index (χ4n) is 1.98. The number of methoxy groups -OCH3 is 1. The van der Waals surface area contributed by atoms with Gasteiger partial charge in [-0.15, -0.1) is 0 Å². The standard InChI is InChI=1S/C14H14FNO3/c1-7-8(2)16-14-10(7)4-9(5-11(14)15)12(17)6-13(18)19-3/h4-5,16H,6H2,1-3H3. The molecule has 0 saturated heterocycles. The van der Waals surface area contributed by atoms with Crippen LogP contribution in [0.15, 0.2) is 12.1 Å². The van der Waals surface area contributed by atoms with E-state index in [1.807, 2.05) is 13.8 Å². The van der Waals surface area contributed by atoms with Gasteiger partial charge in [-0.05, 0) is 31.5 Å². The van der Waals surface area contributed by atoms with Crippen LogP contribution in [-0.2, 0) is 9.53 Å². The van der Waals surface area contributed by atoms with Crippen LogP contribution >= 0.6 is 0 Å². The molecule has 0 spiro atoms. The summed E-state index contributed by atoms with van der Waals surface area (Å²) < 4.78 is 18.3. The number of aromatic amines is 1. The van der Waals surface area contributed by atoms with Gasteiger partial charge in [0, 0.05) is 16.6 Å². The van der Waals surface area contributed by atoms with Crippen LogP contribution in [0.4, 0.5) is 4.39 Å². The Hall–Kier alpha value is -2.17. The van der Waals surface area contributed by atoms with E-state index < -0.39 is 17.6 Å². The highest BCUT2D eigenvalue weighted by atomic mass is 19.1. The zero-order valence-corrected chi connectivity index (χ0v) is 11.0. The Labute approximate surface area is 109 Å². The van der Waals surface area contributed by atoms with E-state index in [-0.39, 0.29) is 12.0 Å². The normalized spacial score (nSPS) is 10.7. The number of esters is 1. The molecule has 0 aliphatic rings. The molecule has 0 fully saturated rings. The van der Waals surface area contributed by atoms with Crippen molar-refractivity contribution in [2.24, 2.45) is 0 Å². The highest BCUT2D eigenvalue weighted by Gasteiger charge is 2.16. The minimum absolute atomic E-state index is 0.178. The highest BCUT2D eigenvalue weighted by Crippen LogP contribution is 2.25. The van der Waals surface area contributed by atoms with Crippen LogP contribution in [0.2, 0.25) is 0 Å². The van der Waals surface area contributed by atoms with Crippen molar-refractivity contribution in [1.82, 2.24) is 4.98 Å². The number of hydrogen-bond donors (Lipinski definition) is 1. The lowest BCUT2D eigenvalue weighted by Crippen LogP contribution is -2.09. The third-order valence-corrected chi connectivity index (χ3v) is 3.22. The van der Waals surface area contributed by atoms with E-state index in [0.29, 0.717) is 10.9 Å². The van der Waals surface area contributed by atoms with Gasteiger partial charge in [0.25, 0.3) is 0 Å². The average Bonchev–Trinajstić information content (AvgIpc) is 2.66. The first kappa shape index (κ1) is 13.3. The number of hydrogen-bond acceptors (Lipinski definition) is 3. The van der Waals surface area contributed by atoms with Crippen molar-refractivity contribution in [3.05, 3.63) is 34.8 Å². The molecule has 1 heterocycles. The maximum absolute atomic E-state index is 13.9. The molecule has 0 atom stereocenters.